The van der Waals surface area contributed by atoms with Gasteiger partial charge in [0.2, 0.25) is 0 Å². The van der Waals surface area contributed by atoms with Crippen molar-refractivity contribution in [1.82, 2.24) is 0 Å². The summed E-state index contributed by atoms with van der Waals surface area (Å²) in [5.41, 5.74) is 0.0921. The maximum atomic E-state index is 11.0. The fourth-order valence-corrected chi connectivity index (χ4v) is 7.86. The molecule has 9 atom stereocenters. The van der Waals surface area contributed by atoms with Crippen LogP contribution in [0, 0.1) is 40.4 Å². The summed E-state index contributed by atoms with van der Waals surface area (Å²) < 4.78 is 0. The number of fused-ring (bicyclic) bond motifs is 5. The predicted octanol–water partition coefficient (Wildman–Crippen LogP) is 4.39. The lowest BCUT2D eigenvalue weighted by atomic mass is 9.42. The summed E-state index contributed by atoms with van der Waals surface area (Å²) in [4.78, 5) is 0. The van der Waals surface area contributed by atoms with Crippen molar-refractivity contribution in [1.29, 1.82) is 0 Å². The van der Waals surface area contributed by atoms with E-state index in [-0.39, 0.29) is 11.5 Å². The van der Waals surface area contributed by atoms with E-state index in [0.29, 0.717) is 17.3 Å². The molecule has 0 bridgehead atoms. The summed E-state index contributed by atoms with van der Waals surface area (Å²) in [6.45, 7) is 9.49. The summed E-state index contributed by atoms with van der Waals surface area (Å²) >= 11 is 0. The van der Waals surface area contributed by atoms with E-state index in [9.17, 15) is 10.2 Å². The van der Waals surface area contributed by atoms with Gasteiger partial charge in [-0.15, -0.1) is 0 Å². The monoisotopic (exact) mass is 320 g/mol. The molecule has 5 unspecified atom stereocenters. The summed E-state index contributed by atoms with van der Waals surface area (Å²) in [6.07, 6.45) is 9.19. The highest BCUT2D eigenvalue weighted by Crippen LogP contribution is 2.69. The van der Waals surface area contributed by atoms with Crippen LogP contribution >= 0.6 is 0 Å². The lowest BCUT2D eigenvalue weighted by Gasteiger charge is -2.63. The van der Waals surface area contributed by atoms with Gasteiger partial charge in [0, 0.05) is 0 Å². The van der Waals surface area contributed by atoms with Crippen molar-refractivity contribution >= 4 is 0 Å². The minimum Gasteiger partial charge on any atom is -0.393 e. The molecule has 4 aliphatic carbocycles. The van der Waals surface area contributed by atoms with Gasteiger partial charge in [0.05, 0.1) is 11.7 Å². The average molecular weight is 321 g/mol. The van der Waals surface area contributed by atoms with E-state index < -0.39 is 5.60 Å². The van der Waals surface area contributed by atoms with Crippen molar-refractivity contribution in [2.75, 3.05) is 0 Å². The molecule has 0 radical (unpaired) electrons. The molecular weight excluding hydrogens is 284 g/mol. The molecule has 23 heavy (non-hydrogen) atoms. The lowest BCUT2D eigenvalue weighted by molar-refractivity contribution is -0.169. The molecule has 0 spiro atoms. The third-order valence-electron chi connectivity index (χ3n) is 9.56. The second-order valence-corrected chi connectivity index (χ2v) is 10.4. The molecule has 0 heterocycles. The molecule has 0 aliphatic heterocycles. The molecule has 0 saturated heterocycles. The Balaban J connectivity index is 1.68. The van der Waals surface area contributed by atoms with Gasteiger partial charge >= 0.3 is 0 Å². The number of aliphatic hydroxyl groups excluding tert-OH is 1. The first-order valence-electron chi connectivity index (χ1n) is 10.1. The SMILES string of the molecule is C[C@@H]1C[C@@H]2C[C@H](O)CCC2(C)C2CCC3(C)C(CC[C@@]3(C)O)C21. The van der Waals surface area contributed by atoms with Crippen LogP contribution in [-0.2, 0) is 0 Å². The van der Waals surface area contributed by atoms with Gasteiger partial charge in [0.1, 0.15) is 0 Å². The van der Waals surface area contributed by atoms with E-state index in [1.54, 1.807) is 0 Å². The van der Waals surface area contributed by atoms with Gasteiger partial charge in [0.25, 0.3) is 0 Å². The van der Waals surface area contributed by atoms with Crippen LogP contribution in [-0.4, -0.2) is 21.9 Å². The van der Waals surface area contributed by atoms with Gasteiger partial charge < -0.3 is 10.2 Å². The normalized spacial score (nSPS) is 62.3. The van der Waals surface area contributed by atoms with E-state index in [2.05, 4.69) is 27.7 Å². The third-order valence-corrected chi connectivity index (χ3v) is 9.56. The zero-order valence-corrected chi connectivity index (χ0v) is 15.5. The minimum atomic E-state index is -0.469. The number of aliphatic hydroxyl groups is 2. The first-order chi connectivity index (χ1) is 10.7. The second-order valence-electron chi connectivity index (χ2n) is 10.4. The molecule has 0 aromatic carbocycles. The van der Waals surface area contributed by atoms with Gasteiger partial charge in [0.15, 0.2) is 0 Å². The maximum absolute atomic E-state index is 11.0. The number of hydrogen-bond acceptors (Lipinski definition) is 2. The molecule has 4 saturated carbocycles. The molecule has 4 aliphatic rings. The van der Waals surface area contributed by atoms with Crippen LogP contribution in [0.3, 0.4) is 0 Å². The van der Waals surface area contributed by atoms with Crippen LogP contribution in [0.25, 0.3) is 0 Å². The van der Waals surface area contributed by atoms with Crippen LogP contribution in [0.15, 0.2) is 0 Å². The first kappa shape index (κ1) is 16.4. The Morgan fingerprint density at radius 1 is 0.870 bits per heavy atom. The molecule has 0 aromatic heterocycles. The van der Waals surface area contributed by atoms with E-state index in [0.717, 1.165) is 37.0 Å². The van der Waals surface area contributed by atoms with Crippen LogP contribution in [0.5, 0.6) is 0 Å². The quantitative estimate of drug-likeness (QED) is 0.695. The Hall–Kier alpha value is -0.0800. The van der Waals surface area contributed by atoms with Gasteiger partial charge in [-0.1, -0.05) is 20.8 Å². The zero-order valence-electron chi connectivity index (χ0n) is 15.5. The van der Waals surface area contributed by atoms with E-state index in [1.807, 2.05) is 0 Å². The van der Waals surface area contributed by atoms with E-state index in [4.69, 9.17) is 0 Å². The summed E-state index contributed by atoms with van der Waals surface area (Å²) in [5.74, 6) is 3.78. The molecular formula is C21H36O2. The smallest absolute Gasteiger partial charge is 0.0675 e. The molecule has 0 amide bonds. The van der Waals surface area contributed by atoms with Crippen LogP contribution in [0.4, 0.5) is 0 Å². The van der Waals surface area contributed by atoms with Crippen molar-refractivity contribution in [2.45, 2.75) is 90.8 Å². The predicted molar refractivity (Wildman–Crippen MR) is 92.9 cm³/mol. The van der Waals surface area contributed by atoms with Gasteiger partial charge in [-0.05, 0) is 98.7 Å². The summed E-state index contributed by atoms with van der Waals surface area (Å²) in [5, 5.41) is 21.2. The molecule has 2 heteroatoms. The van der Waals surface area contributed by atoms with Crippen LogP contribution in [0.1, 0.15) is 79.1 Å². The van der Waals surface area contributed by atoms with Crippen molar-refractivity contribution in [2.24, 2.45) is 40.4 Å². The third kappa shape index (κ3) is 2.06. The standard InChI is InChI=1S/C21H36O2/c1-13-11-14-12-15(22)5-8-19(14,2)16-6-9-20(3)17(18(13)16)7-10-21(20,4)23/h13-18,22-23H,5-12H2,1-4H3/t13-,14-,15-,16?,17?,18?,19?,20?,21-/m1/s1. The molecule has 2 N–H and O–H groups in total. The molecule has 2 nitrogen and oxygen atoms in total. The second kappa shape index (κ2) is 4.97. The largest absolute Gasteiger partial charge is 0.393 e. The molecule has 4 fully saturated rings. The van der Waals surface area contributed by atoms with Gasteiger partial charge in [-0.3, -0.25) is 0 Å². The summed E-state index contributed by atoms with van der Waals surface area (Å²) in [7, 11) is 0. The molecule has 4 rings (SSSR count). The molecule has 0 aromatic rings. The fourth-order valence-electron chi connectivity index (χ4n) is 7.86. The highest BCUT2D eigenvalue weighted by molar-refractivity contribution is 5.13. The Labute approximate surface area is 142 Å². The van der Waals surface area contributed by atoms with E-state index >= 15 is 0 Å². The van der Waals surface area contributed by atoms with Crippen molar-refractivity contribution in [3.63, 3.8) is 0 Å². The Morgan fingerprint density at radius 2 is 1.57 bits per heavy atom. The van der Waals surface area contributed by atoms with Crippen LogP contribution < -0.4 is 0 Å². The van der Waals surface area contributed by atoms with Crippen LogP contribution in [0.2, 0.25) is 0 Å². The topological polar surface area (TPSA) is 40.5 Å². The Kier molecular flexibility index (Phi) is 3.54. The van der Waals surface area contributed by atoms with Crippen molar-refractivity contribution in [3.05, 3.63) is 0 Å². The van der Waals surface area contributed by atoms with E-state index in [1.165, 1.54) is 32.1 Å². The lowest BCUT2D eigenvalue weighted by Crippen LogP contribution is -2.58. The Morgan fingerprint density at radius 3 is 2.30 bits per heavy atom. The maximum Gasteiger partial charge on any atom is 0.0675 e. The number of rotatable bonds is 0. The van der Waals surface area contributed by atoms with Gasteiger partial charge in [-0.2, -0.15) is 0 Å². The van der Waals surface area contributed by atoms with Crippen molar-refractivity contribution in [3.8, 4) is 0 Å². The number of hydrogen-bond donors (Lipinski definition) is 2. The average Bonchev–Trinajstić information content (AvgIpc) is 2.72. The molecule has 132 valence electrons. The highest BCUT2D eigenvalue weighted by Gasteiger charge is 2.64. The van der Waals surface area contributed by atoms with Gasteiger partial charge in [-0.25, -0.2) is 0 Å². The Bertz CT molecular complexity index is 486. The first-order valence-corrected chi connectivity index (χ1v) is 10.1. The van der Waals surface area contributed by atoms with Crippen molar-refractivity contribution < 1.29 is 10.2 Å². The zero-order chi connectivity index (χ0) is 16.6. The minimum absolute atomic E-state index is 0.0575. The summed E-state index contributed by atoms with van der Waals surface area (Å²) in [6, 6.07) is 0. The highest BCUT2D eigenvalue weighted by atomic mass is 16.3. The fraction of sp³-hybridized carbons (Fsp3) is 1.00.